The molecule has 3 aromatic carbocycles. The molecule has 2 amide bonds. The Balaban J connectivity index is 1.27. The number of carbonyl (C=O) groups excluding carboxylic acids is 2. The number of rotatable bonds is 5. The van der Waals surface area contributed by atoms with Crippen LogP contribution >= 0.6 is 11.3 Å². The molecule has 0 unspecified atom stereocenters. The Morgan fingerprint density at radius 1 is 1.00 bits per heavy atom. The minimum atomic E-state index is -1.19. The van der Waals surface area contributed by atoms with Crippen molar-refractivity contribution in [3.8, 4) is 0 Å². The van der Waals surface area contributed by atoms with E-state index < -0.39 is 5.54 Å². The van der Waals surface area contributed by atoms with Gasteiger partial charge in [0.2, 0.25) is 0 Å². The molecule has 4 aromatic rings. The predicted molar refractivity (Wildman–Crippen MR) is 142 cm³/mol. The van der Waals surface area contributed by atoms with E-state index in [9.17, 15) is 9.59 Å². The predicted octanol–water partition coefficient (Wildman–Crippen LogP) is 4.42. The number of amides is 2. The summed E-state index contributed by atoms with van der Waals surface area (Å²) >= 11 is 1.63. The molecule has 1 fully saturated rings. The summed E-state index contributed by atoms with van der Waals surface area (Å²) in [7, 11) is 0. The first-order chi connectivity index (χ1) is 18.0. The Hall–Kier alpha value is -4.30. The number of carbonyl (C=O) groups is 2. The first-order valence-electron chi connectivity index (χ1n) is 12.1. The number of nitrogens with zero attached hydrogens (tertiary/aromatic N) is 3. The molecule has 37 heavy (non-hydrogen) atoms. The van der Waals surface area contributed by atoms with Crippen LogP contribution in [0.2, 0.25) is 0 Å². The number of hydrogen-bond donors (Lipinski definition) is 2. The summed E-state index contributed by atoms with van der Waals surface area (Å²) in [5.74, 6) is -0.259. The highest BCUT2D eigenvalue weighted by Crippen LogP contribution is 2.36. The van der Waals surface area contributed by atoms with Crippen molar-refractivity contribution < 1.29 is 9.59 Å². The normalized spacial score (nSPS) is 16.1. The van der Waals surface area contributed by atoms with Gasteiger partial charge >= 0.3 is 0 Å². The van der Waals surface area contributed by atoms with Crippen LogP contribution in [0.25, 0.3) is 0 Å². The highest BCUT2D eigenvalue weighted by atomic mass is 32.1. The van der Waals surface area contributed by atoms with Crippen LogP contribution in [0.3, 0.4) is 0 Å². The van der Waals surface area contributed by atoms with Crippen LogP contribution in [0.15, 0.2) is 84.9 Å². The molecule has 8 heteroatoms. The second-order valence-electron chi connectivity index (χ2n) is 9.31. The molecule has 0 radical (unpaired) electrons. The smallest absolute Gasteiger partial charge is 0.264 e. The molecule has 0 saturated carbocycles. The van der Waals surface area contributed by atoms with Crippen LogP contribution in [0.1, 0.15) is 42.6 Å². The topological polar surface area (TPSA) is 89.4 Å². The summed E-state index contributed by atoms with van der Waals surface area (Å²) < 4.78 is 0. The summed E-state index contributed by atoms with van der Waals surface area (Å²) in [5, 5.41) is 12.9. The van der Waals surface area contributed by atoms with Gasteiger partial charge in [-0.05, 0) is 35.7 Å². The number of guanidine groups is 1. The van der Waals surface area contributed by atoms with Crippen molar-refractivity contribution in [2.24, 2.45) is 0 Å². The highest BCUT2D eigenvalue weighted by molar-refractivity contribution is 7.11. The van der Waals surface area contributed by atoms with E-state index in [-0.39, 0.29) is 24.3 Å². The van der Waals surface area contributed by atoms with Gasteiger partial charge < -0.3 is 10.2 Å². The number of nitrogens with one attached hydrogen (secondary N) is 2. The van der Waals surface area contributed by atoms with Gasteiger partial charge in [-0.3, -0.25) is 19.9 Å². The molecule has 0 bridgehead atoms. The van der Waals surface area contributed by atoms with Gasteiger partial charge in [-0.1, -0.05) is 72.8 Å². The second-order valence-corrected chi connectivity index (χ2v) is 10.6. The third kappa shape index (κ3) is 3.90. The molecule has 3 heterocycles. The number of aromatic nitrogens is 1. The summed E-state index contributed by atoms with van der Waals surface area (Å²) in [4.78, 5) is 36.2. The van der Waals surface area contributed by atoms with Crippen molar-refractivity contribution in [3.05, 3.63) is 123 Å². The van der Waals surface area contributed by atoms with Crippen LogP contribution < -0.4 is 5.32 Å². The molecule has 2 N–H and O–H groups in total. The fraction of sp³-hybridized carbons (Fsp3) is 0.172. The maximum absolute atomic E-state index is 14.0. The average Bonchev–Trinajstić information content (AvgIpc) is 3.55. The minimum absolute atomic E-state index is 0.0276. The largest absolute Gasteiger partial charge is 0.334 e. The molecule has 7 nitrogen and oxygen atoms in total. The van der Waals surface area contributed by atoms with Crippen molar-refractivity contribution >= 4 is 29.1 Å². The maximum Gasteiger partial charge on any atom is 0.264 e. The Kier molecular flexibility index (Phi) is 5.61. The lowest BCUT2D eigenvalue weighted by atomic mass is 9.82. The Labute approximate surface area is 218 Å². The van der Waals surface area contributed by atoms with Crippen LogP contribution in [-0.2, 0) is 30.0 Å². The number of aryl methyl sites for hydroxylation is 1. The van der Waals surface area contributed by atoms with E-state index in [1.807, 2.05) is 85.8 Å². The molecule has 0 spiro atoms. The Morgan fingerprint density at radius 2 is 1.68 bits per heavy atom. The molecule has 6 rings (SSSR count). The molecule has 2 aliphatic rings. The lowest BCUT2D eigenvalue weighted by Gasteiger charge is -2.28. The van der Waals surface area contributed by atoms with E-state index in [1.165, 1.54) is 4.90 Å². The molecule has 184 valence electrons. The molecular formula is C29H25N5O2S. The van der Waals surface area contributed by atoms with Crippen molar-refractivity contribution in [3.63, 3.8) is 0 Å². The molecule has 0 atom stereocenters. The van der Waals surface area contributed by atoms with Crippen LogP contribution in [-0.4, -0.2) is 32.6 Å². The van der Waals surface area contributed by atoms with Crippen molar-refractivity contribution in [1.82, 2.24) is 20.1 Å². The average molecular weight is 508 g/mol. The minimum Gasteiger partial charge on any atom is -0.334 e. The zero-order valence-electron chi connectivity index (χ0n) is 20.3. The molecule has 1 aromatic heterocycles. The van der Waals surface area contributed by atoms with Crippen molar-refractivity contribution in [2.75, 3.05) is 0 Å². The molecule has 1 saturated heterocycles. The number of fused-ring (bicyclic) bond motifs is 1. The number of hydrogen-bond acceptors (Lipinski definition) is 5. The van der Waals surface area contributed by atoms with Gasteiger partial charge in [0.1, 0.15) is 0 Å². The second kappa shape index (κ2) is 8.97. The zero-order chi connectivity index (χ0) is 25.6. The number of benzene rings is 3. The van der Waals surface area contributed by atoms with Crippen molar-refractivity contribution in [1.29, 1.82) is 5.41 Å². The molecule has 2 aliphatic heterocycles. The third-order valence-electron chi connectivity index (χ3n) is 6.92. The summed E-state index contributed by atoms with van der Waals surface area (Å²) in [6, 6.07) is 26.3. The van der Waals surface area contributed by atoms with Gasteiger partial charge in [0.15, 0.2) is 11.5 Å². The van der Waals surface area contributed by atoms with Crippen molar-refractivity contribution in [2.45, 2.75) is 32.1 Å². The molecular weight excluding hydrogens is 482 g/mol. The third-order valence-corrected chi connectivity index (χ3v) is 7.92. The fourth-order valence-corrected chi connectivity index (χ4v) is 6.13. The SMILES string of the molecule is Cc1nc2c(s1)CN(C(=O)c1cccc(CN3C(=N)NC(c4ccccc4)(c4ccccc4)C3=O)c1)C2. The van der Waals surface area contributed by atoms with Crippen LogP contribution in [0.4, 0.5) is 0 Å². The van der Waals surface area contributed by atoms with Gasteiger partial charge in [-0.15, -0.1) is 11.3 Å². The van der Waals surface area contributed by atoms with Gasteiger partial charge in [0.05, 0.1) is 30.3 Å². The van der Waals surface area contributed by atoms with Gasteiger partial charge in [0, 0.05) is 10.4 Å². The van der Waals surface area contributed by atoms with Crippen LogP contribution in [0.5, 0.6) is 0 Å². The van der Waals surface area contributed by atoms with Crippen LogP contribution in [0, 0.1) is 12.3 Å². The van der Waals surface area contributed by atoms with E-state index >= 15 is 0 Å². The summed E-state index contributed by atoms with van der Waals surface area (Å²) in [6.45, 7) is 3.24. The first kappa shape index (κ1) is 23.1. The maximum atomic E-state index is 14.0. The van der Waals surface area contributed by atoms with Gasteiger partial charge in [-0.25, -0.2) is 4.98 Å². The van der Waals surface area contributed by atoms with E-state index in [0.29, 0.717) is 18.7 Å². The molecule has 0 aliphatic carbocycles. The first-order valence-corrected chi connectivity index (χ1v) is 12.9. The van der Waals surface area contributed by atoms with Gasteiger partial charge in [-0.2, -0.15) is 0 Å². The van der Waals surface area contributed by atoms with E-state index in [1.54, 1.807) is 22.3 Å². The monoisotopic (exact) mass is 507 g/mol. The number of thiazole rings is 1. The quantitative estimate of drug-likeness (QED) is 0.419. The van der Waals surface area contributed by atoms with E-state index in [4.69, 9.17) is 5.41 Å². The lowest BCUT2D eigenvalue weighted by molar-refractivity contribution is -0.130. The summed E-state index contributed by atoms with van der Waals surface area (Å²) in [5.41, 5.74) is 2.68. The van der Waals surface area contributed by atoms with E-state index in [0.717, 1.165) is 32.3 Å². The standard InChI is InChI=1S/C29H25N5O2S/c1-19-31-24-17-33(18-25(24)37-19)26(35)21-10-8-9-20(15-21)16-34-27(36)29(32-28(34)30,22-11-4-2-5-12-22)23-13-6-3-7-14-23/h2-15H,16-18H2,1H3,(H2,30,32). The fourth-order valence-electron chi connectivity index (χ4n) is 5.17. The summed E-state index contributed by atoms with van der Waals surface area (Å²) in [6.07, 6.45) is 0. The van der Waals surface area contributed by atoms with E-state index in [2.05, 4.69) is 10.3 Å². The lowest BCUT2D eigenvalue weighted by Crippen LogP contribution is -2.45. The van der Waals surface area contributed by atoms with Gasteiger partial charge in [0.25, 0.3) is 11.8 Å². The Morgan fingerprint density at radius 3 is 2.32 bits per heavy atom. The zero-order valence-corrected chi connectivity index (χ0v) is 21.1. The Bertz CT molecular complexity index is 1450. The highest BCUT2D eigenvalue weighted by Gasteiger charge is 2.52.